The summed E-state index contributed by atoms with van der Waals surface area (Å²) in [5.74, 6) is 2.58. The van der Waals surface area contributed by atoms with Crippen molar-refractivity contribution in [3.63, 3.8) is 0 Å². The van der Waals surface area contributed by atoms with Crippen molar-refractivity contribution < 1.29 is 9.90 Å². The average molecular weight is 362 g/mol. The Hall–Kier alpha value is -1.73. The number of rotatable bonds is 5. The van der Waals surface area contributed by atoms with Crippen LogP contribution in [0.3, 0.4) is 0 Å². The Balaban J connectivity index is 1.64. The number of guanidine groups is 1. The van der Waals surface area contributed by atoms with Crippen molar-refractivity contribution in [1.82, 2.24) is 10.6 Å². The van der Waals surface area contributed by atoms with Crippen LogP contribution in [0.2, 0.25) is 0 Å². The molecular formula is C18H26N4O2S. The van der Waals surface area contributed by atoms with E-state index in [9.17, 15) is 9.90 Å². The van der Waals surface area contributed by atoms with Gasteiger partial charge in [-0.1, -0.05) is 18.2 Å². The van der Waals surface area contributed by atoms with Crippen molar-refractivity contribution in [1.29, 1.82) is 0 Å². The van der Waals surface area contributed by atoms with Gasteiger partial charge in [0.2, 0.25) is 5.91 Å². The number of anilines is 1. The molecule has 136 valence electrons. The van der Waals surface area contributed by atoms with Gasteiger partial charge < -0.3 is 21.1 Å². The predicted molar refractivity (Wildman–Crippen MR) is 103 cm³/mol. The minimum atomic E-state index is -0.690. The molecule has 2 aliphatic heterocycles. The van der Waals surface area contributed by atoms with Crippen LogP contribution < -0.4 is 16.0 Å². The lowest BCUT2D eigenvalue weighted by atomic mass is 9.90. The highest BCUT2D eigenvalue weighted by molar-refractivity contribution is 7.99. The van der Waals surface area contributed by atoms with E-state index in [1.54, 1.807) is 11.8 Å². The summed E-state index contributed by atoms with van der Waals surface area (Å²) in [5, 5.41) is 19.9. The Bertz CT molecular complexity index is 644. The third-order valence-electron chi connectivity index (χ3n) is 4.58. The van der Waals surface area contributed by atoms with Gasteiger partial charge in [-0.2, -0.15) is 11.8 Å². The van der Waals surface area contributed by atoms with E-state index in [2.05, 4.69) is 27.0 Å². The van der Waals surface area contributed by atoms with Crippen LogP contribution in [0, 0.1) is 0 Å². The molecule has 2 unspecified atom stereocenters. The van der Waals surface area contributed by atoms with Crippen LogP contribution >= 0.6 is 11.8 Å². The van der Waals surface area contributed by atoms with Crippen molar-refractivity contribution in [2.75, 3.05) is 36.5 Å². The summed E-state index contributed by atoms with van der Waals surface area (Å²) >= 11 is 1.77. The Morgan fingerprint density at radius 2 is 2.28 bits per heavy atom. The van der Waals surface area contributed by atoms with Crippen LogP contribution in [0.4, 0.5) is 5.69 Å². The number of fused-ring (bicyclic) bond motifs is 1. The SMILES string of the molecule is CCNC(=NCC1(O)CCSC1)NCC1CC(=O)Nc2ccccc21. The number of hydrogen-bond acceptors (Lipinski definition) is 4. The maximum atomic E-state index is 11.9. The molecule has 2 heterocycles. The number of nitrogens with zero attached hydrogens (tertiary/aromatic N) is 1. The molecule has 0 aromatic heterocycles. The molecule has 1 aromatic carbocycles. The van der Waals surface area contributed by atoms with Gasteiger partial charge in [-0.15, -0.1) is 0 Å². The summed E-state index contributed by atoms with van der Waals surface area (Å²) < 4.78 is 0. The number of nitrogens with one attached hydrogen (secondary N) is 3. The maximum Gasteiger partial charge on any atom is 0.225 e. The van der Waals surface area contributed by atoms with Gasteiger partial charge in [0.15, 0.2) is 5.96 Å². The minimum Gasteiger partial charge on any atom is -0.387 e. The molecule has 6 nitrogen and oxygen atoms in total. The van der Waals surface area contributed by atoms with E-state index >= 15 is 0 Å². The first kappa shape index (κ1) is 18.1. The maximum absolute atomic E-state index is 11.9. The van der Waals surface area contributed by atoms with E-state index in [0.29, 0.717) is 25.5 Å². The first-order valence-corrected chi connectivity index (χ1v) is 9.96. The molecule has 4 N–H and O–H groups in total. The van der Waals surface area contributed by atoms with Crippen LogP contribution in [-0.4, -0.2) is 53.7 Å². The Labute approximate surface area is 152 Å². The fourth-order valence-corrected chi connectivity index (χ4v) is 4.48. The van der Waals surface area contributed by atoms with Gasteiger partial charge in [0, 0.05) is 36.9 Å². The summed E-state index contributed by atoms with van der Waals surface area (Å²) in [6.07, 6.45) is 1.25. The highest BCUT2D eigenvalue weighted by atomic mass is 32.2. The molecular weight excluding hydrogens is 336 g/mol. The van der Waals surface area contributed by atoms with Crippen molar-refractivity contribution >= 4 is 29.3 Å². The molecule has 1 fully saturated rings. The number of para-hydroxylation sites is 1. The first-order valence-electron chi connectivity index (χ1n) is 8.81. The largest absolute Gasteiger partial charge is 0.387 e. The topological polar surface area (TPSA) is 85.8 Å². The average Bonchev–Trinajstić information content (AvgIpc) is 3.04. The molecule has 25 heavy (non-hydrogen) atoms. The second kappa shape index (κ2) is 8.10. The fourth-order valence-electron chi connectivity index (χ4n) is 3.19. The summed E-state index contributed by atoms with van der Waals surface area (Å²) in [6, 6.07) is 7.92. The lowest BCUT2D eigenvalue weighted by Crippen LogP contribution is -2.42. The lowest BCUT2D eigenvalue weighted by Gasteiger charge is -2.26. The molecule has 1 amide bonds. The van der Waals surface area contributed by atoms with Gasteiger partial charge in [-0.3, -0.25) is 9.79 Å². The molecule has 2 aliphatic rings. The minimum absolute atomic E-state index is 0.0460. The molecule has 3 rings (SSSR count). The summed E-state index contributed by atoms with van der Waals surface area (Å²) in [5.41, 5.74) is 1.35. The van der Waals surface area contributed by atoms with Crippen molar-refractivity contribution in [3.8, 4) is 0 Å². The van der Waals surface area contributed by atoms with Crippen LogP contribution in [0.5, 0.6) is 0 Å². The molecule has 1 aromatic rings. The first-order chi connectivity index (χ1) is 12.1. The Morgan fingerprint density at radius 3 is 3.04 bits per heavy atom. The van der Waals surface area contributed by atoms with Crippen molar-refractivity contribution in [2.24, 2.45) is 4.99 Å². The number of aliphatic imine (C=N–C) groups is 1. The number of carbonyl (C=O) groups is 1. The van der Waals surface area contributed by atoms with Crippen molar-refractivity contribution in [3.05, 3.63) is 29.8 Å². The monoisotopic (exact) mass is 362 g/mol. The molecule has 0 bridgehead atoms. The van der Waals surface area contributed by atoms with Gasteiger partial charge in [0.1, 0.15) is 0 Å². The molecule has 0 saturated carbocycles. The fraction of sp³-hybridized carbons (Fsp3) is 0.556. The smallest absolute Gasteiger partial charge is 0.225 e. The van der Waals surface area contributed by atoms with Crippen LogP contribution in [0.15, 0.2) is 29.3 Å². The Morgan fingerprint density at radius 1 is 1.44 bits per heavy atom. The second-order valence-electron chi connectivity index (χ2n) is 6.64. The highest BCUT2D eigenvalue weighted by Gasteiger charge is 2.31. The zero-order valence-corrected chi connectivity index (χ0v) is 15.4. The number of carbonyl (C=O) groups excluding carboxylic acids is 1. The van der Waals surface area contributed by atoms with E-state index in [1.807, 2.05) is 25.1 Å². The van der Waals surface area contributed by atoms with Gasteiger partial charge in [0.05, 0.1) is 12.1 Å². The normalized spacial score (nSPS) is 26.1. The van der Waals surface area contributed by atoms with E-state index < -0.39 is 5.60 Å². The number of aliphatic hydroxyl groups is 1. The summed E-state index contributed by atoms with van der Waals surface area (Å²) in [6.45, 7) is 3.79. The summed E-state index contributed by atoms with van der Waals surface area (Å²) in [7, 11) is 0. The van der Waals surface area contributed by atoms with Crippen LogP contribution in [0.1, 0.15) is 31.2 Å². The number of benzene rings is 1. The third kappa shape index (κ3) is 4.67. The zero-order valence-electron chi connectivity index (χ0n) is 14.5. The molecule has 1 saturated heterocycles. The van der Waals surface area contributed by atoms with Crippen LogP contribution in [0.25, 0.3) is 0 Å². The van der Waals surface area contributed by atoms with E-state index in [-0.39, 0.29) is 11.8 Å². The third-order valence-corrected chi connectivity index (χ3v) is 5.81. The second-order valence-corrected chi connectivity index (χ2v) is 7.74. The lowest BCUT2D eigenvalue weighted by molar-refractivity contribution is -0.116. The standard InChI is InChI=1S/C18H26N4O2S/c1-2-19-17(21-11-18(24)7-8-25-12-18)20-10-13-9-16(23)22-15-6-4-3-5-14(13)15/h3-6,13,24H,2,7-12H2,1H3,(H,22,23)(H2,19,20,21). The zero-order chi connectivity index (χ0) is 17.7. The van der Waals surface area contributed by atoms with Crippen molar-refractivity contribution in [2.45, 2.75) is 31.3 Å². The van der Waals surface area contributed by atoms with Gasteiger partial charge >= 0.3 is 0 Å². The Kier molecular flexibility index (Phi) is 5.86. The molecule has 0 spiro atoms. The van der Waals surface area contributed by atoms with Gasteiger partial charge in [-0.25, -0.2) is 0 Å². The predicted octanol–water partition coefficient (Wildman–Crippen LogP) is 1.54. The van der Waals surface area contributed by atoms with E-state index in [0.717, 1.165) is 35.7 Å². The van der Waals surface area contributed by atoms with Gasteiger partial charge in [0.25, 0.3) is 0 Å². The van der Waals surface area contributed by atoms with Crippen LogP contribution in [-0.2, 0) is 4.79 Å². The molecule has 7 heteroatoms. The van der Waals surface area contributed by atoms with E-state index in [1.165, 1.54) is 0 Å². The molecule has 0 aliphatic carbocycles. The van der Waals surface area contributed by atoms with Gasteiger partial charge in [-0.05, 0) is 30.7 Å². The number of hydrogen-bond donors (Lipinski definition) is 4. The summed E-state index contributed by atoms with van der Waals surface area (Å²) in [4.78, 5) is 16.5. The number of thioether (sulfide) groups is 1. The van der Waals surface area contributed by atoms with E-state index in [4.69, 9.17) is 0 Å². The highest BCUT2D eigenvalue weighted by Crippen LogP contribution is 2.31. The molecule has 0 radical (unpaired) electrons. The quantitative estimate of drug-likeness (QED) is 0.472. The number of amides is 1. The molecule has 2 atom stereocenters.